The third-order valence-electron chi connectivity index (χ3n) is 2.39. The van der Waals surface area contributed by atoms with Crippen molar-refractivity contribution in [3.05, 3.63) is 59.6 Å². The Morgan fingerprint density at radius 1 is 1.10 bits per heavy atom. The molecule has 0 aliphatic carbocycles. The zero-order chi connectivity index (χ0) is 14.4. The lowest BCUT2D eigenvalue weighted by Crippen LogP contribution is -2.08. The molecule has 0 atom stereocenters. The Labute approximate surface area is 127 Å². The normalized spacial score (nSPS) is 11.2. The second-order valence-corrected chi connectivity index (χ2v) is 5.51. The zero-order valence-electron chi connectivity index (χ0n) is 10.8. The van der Waals surface area contributed by atoms with Crippen LogP contribution in [0.1, 0.15) is 6.92 Å². The van der Waals surface area contributed by atoms with Gasteiger partial charge in [0.25, 0.3) is 0 Å². The molecule has 0 fully saturated rings. The van der Waals surface area contributed by atoms with Crippen LogP contribution in [0.3, 0.4) is 0 Å². The molecule has 2 aromatic carbocycles. The maximum atomic E-state index is 11.6. The average molecular weight is 305 g/mol. The van der Waals surface area contributed by atoms with Crippen molar-refractivity contribution in [1.82, 2.24) is 0 Å². The largest absolute Gasteiger partial charge is 0.292 e. The van der Waals surface area contributed by atoms with Gasteiger partial charge in [-0.15, -0.1) is 0 Å². The second-order valence-electron chi connectivity index (χ2n) is 4.01. The fraction of sp³-hybridized carbons (Fsp3) is 0.0667. The van der Waals surface area contributed by atoms with E-state index in [-0.39, 0.29) is 5.78 Å². The highest BCUT2D eigenvalue weighted by molar-refractivity contribution is 8.15. The van der Waals surface area contributed by atoms with E-state index in [4.69, 9.17) is 11.6 Å². The van der Waals surface area contributed by atoms with E-state index in [2.05, 4.69) is 10.5 Å². The summed E-state index contributed by atoms with van der Waals surface area (Å²) < 4.78 is 0. The second kappa shape index (κ2) is 7.12. The molecular formula is C15H13ClN2OS. The van der Waals surface area contributed by atoms with Crippen LogP contribution in [-0.4, -0.2) is 10.8 Å². The van der Waals surface area contributed by atoms with E-state index >= 15 is 0 Å². The summed E-state index contributed by atoms with van der Waals surface area (Å²) in [6.07, 6.45) is 0. The van der Waals surface area contributed by atoms with Gasteiger partial charge in [0, 0.05) is 16.8 Å². The predicted octanol–water partition coefficient (Wildman–Crippen LogP) is 4.45. The first-order chi connectivity index (χ1) is 9.65. The standard InChI is InChI=1S/C15H13ClN2OS/c1-11(19)15(18-17-13-5-3-2-4-6-13)20-14-9-7-12(16)8-10-14/h2-10,17H,1H3/b18-15+. The molecule has 0 spiro atoms. The van der Waals surface area contributed by atoms with Gasteiger partial charge in [-0.2, -0.15) is 5.10 Å². The van der Waals surface area contributed by atoms with Crippen molar-refractivity contribution in [2.24, 2.45) is 5.10 Å². The van der Waals surface area contributed by atoms with Crippen molar-refractivity contribution in [1.29, 1.82) is 0 Å². The highest BCUT2D eigenvalue weighted by Gasteiger charge is 2.08. The fourth-order valence-electron chi connectivity index (χ4n) is 1.42. The molecule has 0 unspecified atom stereocenters. The number of anilines is 1. The van der Waals surface area contributed by atoms with Gasteiger partial charge in [0.05, 0.1) is 5.69 Å². The maximum absolute atomic E-state index is 11.6. The van der Waals surface area contributed by atoms with E-state index in [1.54, 1.807) is 12.1 Å². The molecule has 0 saturated carbocycles. The smallest absolute Gasteiger partial charge is 0.186 e. The Hall–Kier alpha value is -1.78. The van der Waals surface area contributed by atoms with E-state index in [0.717, 1.165) is 10.6 Å². The summed E-state index contributed by atoms with van der Waals surface area (Å²) in [5.74, 6) is -0.0895. The van der Waals surface area contributed by atoms with E-state index in [9.17, 15) is 4.79 Å². The Morgan fingerprint density at radius 3 is 2.35 bits per heavy atom. The van der Waals surface area contributed by atoms with Crippen molar-refractivity contribution in [2.75, 3.05) is 5.43 Å². The number of hydrogen-bond donors (Lipinski definition) is 1. The molecule has 20 heavy (non-hydrogen) atoms. The van der Waals surface area contributed by atoms with Crippen molar-refractivity contribution in [3.63, 3.8) is 0 Å². The molecule has 0 amide bonds. The van der Waals surface area contributed by atoms with Gasteiger partial charge >= 0.3 is 0 Å². The van der Waals surface area contributed by atoms with E-state index in [1.807, 2.05) is 42.5 Å². The highest BCUT2D eigenvalue weighted by atomic mass is 35.5. The molecule has 0 aliphatic rings. The van der Waals surface area contributed by atoms with Gasteiger partial charge in [0.2, 0.25) is 0 Å². The zero-order valence-corrected chi connectivity index (χ0v) is 12.4. The predicted molar refractivity (Wildman–Crippen MR) is 85.5 cm³/mol. The molecule has 3 nitrogen and oxygen atoms in total. The number of hydrazone groups is 1. The van der Waals surface area contributed by atoms with Crippen molar-refractivity contribution < 1.29 is 4.79 Å². The summed E-state index contributed by atoms with van der Waals surface area (Å²) in [4.78, 5) is 12.5. The van der Waals surface area contributed by atoms with E-state index in [0.29, 0.717) is 10.1 Å². The number of para-hydroxylation sites is 1. The van der Waals surface area contributed by atoms with Gasteiger partial charge in [0.15, 0.2) is 10.8 Å². The first-order valence-corrected chi connectivity index (χ1v) is 7.18. The molecule has 5 heteroatoms. The molecule has 0 saturated heterocycles. The Kier molecular flexibility index (Phi) is 5.21. The summed E-state index contributed by atoms with van der Waals surface area (Å²) in [6.45, 7) is 1.49. The van der Waals surface area contributed by atoms with Crippen molar-refractivity contribution in [2.45, 2.75) is 11.8 Å². The number of carbonyl (C=O) groups is 1. The molecule has 0 aliphatic heterocycles. The summed E-state index contributed by atoms with van der Waals surface area (Å²) in [6, 6.07) is 16.8. The molecule has 0 heterocycles. The summed E-state index contributed by atoms with van der Waals surface area (Å²) >= 11 is 7.14. The molecule has 0 aromatic heterocycles. The van der Waals surface area contributed by atoms with Crippen LogP contribution in [0.15, 0.2) is 64.6 Å². The van der Waals surface area contributed by atoms with Crippen LogP contribution in [0.2, 0.25) is 5.02 Å². The Balaban J connectivity index is 2.11. The van der Waals surface area contributed by atoms with Crippen LogP contribution < -0.4 is 5.43 Å². The number of carbonyl (C=O) groups excluding carboxylic acids is 1. The summed E-state index contributed by atoms with van der Waals surface area (Å²) in [7, 11) is 0. The van der Waals surface area contributed by atoms with Crippen LogP contribution >= 0.6 is 23.4 Å². The number of hydrogen-bond acceptors (Lipinski definition) is 4. The van der Waals surface area contributed by atoms with Crippen LogP contribution in [0, 0.1) is 0 Å². The molecular weight excluding hydrogens is 292 g/mol. The summed E-state index contributed by atoms with van der Waals surface area (Å²) in [5, 5.41) is 5.22. The number of rotatable bonds is 4. The maximum Gasteiger partial charge on any atom is 0.186 e. The van der Waals surface area contributed by atoms with Crippen molar-refractivity contribution in [3.8, 4) is 0 Å². The number of thioether (sulfide) groups is 1. The quantitative estimate of drug-likeness (QED) is 0.393. The number of ketones is 1. The molecule has 102 valence electrons. The van der Waals surface area contributed by atoms with Crippen LogP contribution in [0.25, 0.3) is 0 Å². The SMILES string of the molecule is CC(=O)/C(=N\Nc1ccccc1)Sc1ccc(Cl)cc1. The number of Topliss-reactive ketones (excluding diaryl/α,β-unsaturated/α-hetero) is 1. The third-order valence-corrected chi connectivity index (χ3v) is 3.72. The van der Waals surface area contributed by atoms with E-state index < -0.39 is 0 Å². The molecule has 2 aromatic rings. The van der Waals surface area contributed by atoms with Gasteiger partial charge in [-0.3, -0.25) is 10.2 Å². The minimum absolute atomic E-state index is 0.0895. The molecule has 0 bridgehead atoms. The van der Waals surface area contributed by atoms with Gasteiger partial charge < -0.3 is 0 Å². The number of nitrogens with one attached hydrogen (secondary N) is 1. The fourth-order valence-corrected chi connectivity index (χ4v) is 2.27. The minimum atomic E-state index is -0.0895. The van der Waals surface area contributed by atoms with Crippen LogP contribution in [-0.2, 0) is 4.79 Å². The lowest BCUT2D eigenvalue weighted by atomic mass is 10.3. The van der Waals surface area contributed by atoms with Gasteiger partial charge in [-0.05, 0) is 36.4 Å². The molecule has 2 rings (SSSR count). The van der Waals surface area contributed by atoms with Gasteiger partial charge in [-0.1, -0.05) is 41.6 Å². The van der Waals surface area contributed by atoms with Crippen LogP contribution in [0.5, 0.6) is 0 Å². The van der Waals surface area contributed by atoms with E-state index in [1.165, 1.54) is 18.7 Å². The number of nitrogens with zero attached hydrogens (tertiary/aromatic N) is 1. The number of benzene rings is 2. The topological polar surface area (TPSA) is 41.5 Å². The van der Waals surface area contributed by atoms with Gasteiger partial charge in [0.1, 0.15) is 0 Å². The van der Waals surface area contributed by atoms with Crippen molar-refractivity contribution >= 4 is 39.9 Å². The highest BCUT2D eigenvalue weighted by Crippen LogP contribution is 2.22. The molecule has 0 radical (unpaired) electrons. The van der Waals surface area contributed by atoms with Gasteiger partial charge in [-0.25, -0.2) is 0 Å². The number of halogens is 1. The average Bonchev–Trinajstić information content (AvgIpc) is 2.46. The molecule has 1 N–H and O–H groups in total. The lowest BCUT2D eigenvalue weighted by Gasteiger charge is -2.04. The third kappa shape index (κ3) is 4.40. The Morgan fingerprint density at radius 2 is 1.75 bits per heavy atom. The lowest BCUT2D eigenvalue weighted by molar-refractivity contribution is -0.110. The first-order valence-electron chi connectivity index (χ1n) is 5.98. The minimum Gasteiger partial charge on any atom is -0.292 e. The Bertz CT molecular complexity index is 612. The van der Waals surface area contributed by atoms with Crippen LogP contribution in [0.4, 0.5) is 5.69 Å². The first kappa shape index (κ1) is 14.6. The monoisotopic (exact) mass is 304 g/mol. The summed E-state index contributed by atoms with van der Waals surface area (Å²) in [5.41, 5.74) is 3.71.